The second kappa shape index (κ2) is 8.35. The zero-order valence-corrected chi connectivity index (χ0v) is 13.1. The van der Waals surface area contributed by atoms with Gasteiger partial charge in [0.1, 0.15) is 0 Å². The van der Waals surface area contributed by atoms with Crippen molar-refractivity contribution in [2.75, 3.05) is 13.7 Å². The summed E-state index contributed by atoms with van der Waals surface area (Å²) in [5.74, 6) is -1.53. The molecule has 0 rings (SSSR count). The van der Waals surface area contributed by atoms with Crippen molar-refractivity contribution < 1.29 is 24.1 Å². The first-order valence-corrected chi connectivity index (χ1v) is 8.94. The molecule has 6 nitrogen and oxygen atoms in total. The van der Waals surface area contributed by atoms with Crippen LogP contribution in [0.2, 0.25) is 0 Å². The number of carboxylic acid groups (broad SMARTS) is 1. The van der Waals surface area contributed by atoms with E-state index in [1.54, 1.807) is 7.11 Å². The molecule has 2 unspecified atom stereocenters. The van der Waals surface area contributed by atoms with E-state index in [4.69, 9.17) is 14.4 Å². The average molecular weight is 299 g/mol. The molecule has 0 spiro atoms. The van der Waals surface area contributed by atoms with E-state index >= 15 is 0 Å². The number of methoxy groups -OCH3 is 1. The van der Waals surface area contributed by atoms with E-state index in [1.807, 2.05) is 0 Å². The number of aliphatic carboxylic acids is 1. The van der Waals surface area contributed by atoms with Crippen molar-refractivity contribution in [2.24, 2.45) is 5.92 Å². The Morgan fingerprint density at radius 2 is 2.11 bits per heavy atom. The SMILES string of the molecule is BC(N[PH](O)(S)OCC(CC(C)C)OC)C(=O)O. The molecule has 0 heterocycles. The molecule has 0 fully saturated rings. The van der Waals surface area contributed by atoms with Gasteiger partial charge in [0, 0.05) is 0 Å². The zero-order valence-electron chi connectivity index (χ0n) is 11.2. The van der Waals surface area contributed by atoms with Gasteiger partial charge in [-0.2, -0.15) is 0 Å². The van der Waals surface area contributed by atoms with Crippen molar-refractivity contribution in [1.82, 2.24) is 5.09 Å². The number of carbonyl (C=O) groups is 1. The Labute approximate surface area is 115 Å². The van der Waals surface area contributed by atoms with E-state index in [1.165, 1.54) is 7.85 Å². The van der Waals surface area contributed by atoms with Gasteiger partial charge in [-0.3, -0.25) is 0 Å². The van der Waals surface area contributed by atoms with Crippen LogP contribution in [0.3, 0.4) is 0 Å². The quantitative estimate of drug-likeness (QED) is 0.273. The minimum atomic E-state index is -3.48. The van der Waals surface area contributed by atoms with Gasteiger partial charge in [-0.1, -0.05) is 0 Å². The Hall–Kier alpha value is 0.155. The van der Waals surface area contributed by atoms with E-state index in [0.717, 1.165) is 6.42 Å². The molecule has 0 aromatic heterocycles. The Morgan fingerprint density at radius 3 is 2.50 bits per heavy atom. The number of hydrogen-bond acceptors (Lipinski definition) is 6. The van der Waals surface area contributed by atoms with Crippen molar-refractivity contribution in [3.05, 3.63) is 0 Å². The number of ether oxygens (including phenoxy) is 1. The first-order valence-electron chi connectivity index (χ1n) is 5.80. The van der Waals surface area contributed by atoms with Crippen LogP contribution in [0.5, 0.6) is 0 Å². The van der Waals surface area contributed by atoms with Crippen LogP contribution >= 0.6 is 19.3 Å². The Balaban J connectivity index is 4.18. The molecular weight excluding hydrogens is 276 g/mol. The molecule has 18 heavy (non-hydrogen) atoms. The summed E-state index contributed by atoms with van der Waals surface area (Å²) in [6, 6.07) is 0. The predicted molar refractivity (Wildman–Crippen MR) is 78.8 cm³/mol. The second-order valence-electron chi connectivity index (χ2n) is 4.61. The standard InChI is InChI=1S/C9H23BNO5PS/c1-6(2)4-7(15-3)5-16-17(14,18)11-8(10)9(12)13/h6-8,11,14,17-18H,4-5,10H2,1-3H3,(H,12,13). The summed E-state index contributed by atoms with van der Waals surface area (Å²) in [4.78, 5) is 20.5. The van der Waals surface area contributed by atoms with Gasteiger partial charge in [0.25, 0.3) is 0 Å². The summed E-state index contributed by atoms with van der Waals surface area (Å²) in [7, 11) is -0.485. The van der Waals surface area contributed by atoms with Gasteiger partial charge < -0.3 is 0 Å². The Bertz CT molecular complexity index is 269. The normalized spacial score (nSPS) is 16.6. The second-order valence-corrected chi connectivity index (χ2v) is 8.22. The van der Waals surface area contributed by atoms with Crippen LogP contribution in [-0.2, 0) is 14.1 Å². The molecule has 3 N–H and O–H groups in total. The van der Waals surface area contributed by atoms with Crippen LogP contribution in [0, 0.1) is 5.92 Å². The fraction of sp³-hybridized carbons (Fsp3) is 0.889. The molecule has 0 aliphatic carbocycles. The van der Waals surface area contributed by atoms with Gasteiger partial charge in [0.15, 0.2) is 0 Å². The molecule has 108 valence electrons. The van der Waals surface area contributed by atoms with E-state index < -0.39 is 19.0 Å². The van der Waals surface area contributed by atoms with Crippen molar-refractivity contribution in [2.45, 2.75) is 32.3 Å². The van der Waals surface area contributed by atoms with Gasteiger partial charge >= 0.3 is 114 Å². The van der Waals surface area contributed by atoms with Gasteiger partial charge in [0.05, 0.1) is 0 Å². The molecule has 0 radical (unpaired) electrons. The minimum absolute atomic E-state index is 0.141. The van der Waals surface area contributed by atoms with Crippen LogP contribution in [0.1, 0.15) is 20.3 Å². The van der Waals surface area contributed by atoms with Crippen molar-refractivity contribution in [1.29, 1.82) is 0 Å². The molecule has 0 saturated carbocycles. The van der Waals surface area contributed by atoms with Gasteiger partial charge in [0.2, 0.25) is 0 Å². The van der Waals surface area contributed by atoms with Crippen LogP contribution in [0.15, 0.2) is 0 Å². The summed E-state index contributed by atoms with van der Waals surface area (Å²) < 4.78 is 10.5. The molecule has 0 bridgehead atoms. The number of nitrogens with one attached hydrogen (secondary N) is 1. The topological polar surface area (TPSA) is 88.0 Å². The summed E-state index contributed by atoms with van der Waals surface area (Å²) in [6.07, 6.45) is 0.654. The maximum absolute atomic E-state index is 10.7. The first kappa shape index (κ1) is 18.2. The third kappa shape index (κ3) is 8.29. The third-order valence-corrected chi connectivity index (χ3v) is 4.47. The van der Waals surface area contributed by atoms with Crippen LogP contribution < -0.4 is 5.09 Å². The van der Waals surface area contributed by atoms with Crippen LogP contribution in [0.25, 0.3) is 0 Å². The Morgan fingerprint density at radius 1 is 1.56 bits per heavy atom. The maximum atomic E-state index is 10.7. The van der Waals surface area contributed by atoms with Crippen molar-refractivity contribution in [3.63, 3.8) is 0 Å². The molecule has 0 aliphatic heterocycles. The number of rotatable bonds is 9. The number of hydrogen-bond donors (Lipinski definition) is 4. The molecule has 2 atom stereocenters. The first-order chi connectivity index (χ1) is 8.18. The summed E-state index contributed by atoms with van der Waals surface area (Å²) >= 11 is 3.97. The van der Waals surface area contributed by atoms with Crippen LogP contribution in [0.4, 0.5) is 0 Å². The van der Waals surface area contributed by atoms with E-state index in [2.05, 4.69) is 31.2 Å². The fourth-order valence-electron chi connectivity index (χ4n) is 1.35. The molecule has 0 aliphatic rings. The summed E-state index contributed by atoms with van der Waals surface area (Å²) in [5.41, 5.74) is 0. The van der Waals surface area contributed by atoms with Crippen molar-refractivity contribution >= 4 is 33.1 Å². The molecule has 0 aromatic rings. The van der Waals surface area contributed by atoms with E-state index in [0.29, 0.717) is 5.92 Å². The average Bonchev–Trinajstić information content (AvgIpc) is 2.22. The Kier molecular flexibility index (Phi) is 8.42. The fourth-order valence-corrected chi connectivity index (χ4v) is 3.35. The summed E-state index contributed by atoms with van der Waals surface area (Å²) in [5, 5.41) is 11.2. The van der Waals surface area contributed by atoms with E-state index in [-0.39, 0.29) is 12.7 Å². The van der Waals surface area contributed by atoms with Gasteiger partial charge in [-0.15, -0.1) is 0 Å². The van der Waals surface area contributed by atoms with Gasteiger partial charge in [-0.25, -0.2) is 0 Å². The molecule has 0 saturated heterocycles. The predicted octanol–water partition coefficient (Wildman–Crippen LogP) is 0.0295. The third-order valence-electron chi connectivity index (χ3n) is 2.31. The molecular formula is C9H23BNO5PS. The zero-order chi connectivity index (χ0) is 14.3. The van der Waals surface area contributed by atoms with E-state index in [9.17, 15) is 9.69 Å². The molecule has 9 heteroatoms. The molecule has 0 amide bonds. The van der Waals surface area contributed by atoms with Crippen LogP contribution in [-0.4, -0.2) is 49.6 Å². The molecule has 0 aromatic carbocycles. The number of thiol groups is 1. The van der Waals surface area contributed by atoms with Gasteiger partial charge in [-0.05, 0) is 0 Å². The number of carboxylic acids is 1. The van der Waals surface area contributed by atoms with Crippen molar-refractivity contribution in [3.8, 4) is 0 Å². The summed E-state index contributed by atoms with van der Waals surface area (Å²) in [6.45, 7) is 4.29. The monoisotopic (exact) mass is 299 g/mol.